The van der Waals surface area contributed by atoms with Crippen LogP contribution in [0.3, 0.4) is 0 Å². The molecule has 1 aromatic heterocycles. The maximum Gasteiger partial charge on any atom is 0.317 e. The fraction of sp³-hybridized carbons (Fsp3) is 0.458. The van der Waals surface area contributed by atoms with Gasteiger partial charge in [-0.25, -0.2) is 14.2 Å². The summed E-state index contributed by atoms with van der Waals surface area (Å²) in [6.45, 7) is 1.91. The Morgan fingerprint density at radius 1 is 1.03 bits per heavy atom. The molecular formula is C24H29FN4O3. The average Bonchev–Trinajstić information content (AvgIpc) is 2.83. The highest BCUT2D eigenvalue weighted by Gasteiger charge is 2.26. The van der Waals surface area contributed by atoms with Crippen LogP contribution in [0.2, 0.25) is 0 Å². The lowest BCUT2D eigenvalue weighted by Gasteiger charge is -2.34. The van der Waals surface area contributed by atoms with E-state index in [1.54, 1.807) is 28.1 Å². The van der Waals surface area contributed by atoms with Crippen molar-refractivity contribution in [2.75, 3.05) is 26.2 Å². The summed E-state index contributed by atoms with van der Waals surface area (Å²) >= 11 is 0. The summed E-state index contributed by atoms with van der Waals surface area (Å²) < 4.78 is 19.9. The summed E-state index contributed by atoms with van der Waals surface area (Å²) in [6.07, 6.45) is 7.71. The molecule has 1 saturated heterocycles. The first-order valence-electron chi connectivity index (χ1n) is 11.3. The molecule has 1 aromatic carbocycles. The molecule has 0 bridgehead atoms. The SMILES string of the molecule is O=C(NCc1ccnc(OC2CCCCC2)c1)N1CCN(C(=O)c2ccccc2F)CC1. The van der Waals surface area contributed by atoms with Crippen LogP contribution in [0.5, 0.6) is 5.88 Å². The molecule has 7 nitrogen and oxygen atoms in total. The molecule has 1 aliphatic carbocycles. The standard InChI is InChI=1S/C24H29FN4O3/c25-21-9-5-4-8-20(21)23(30)28-12-14-29(15-13-28)24(31)27-17-18-10-11-26-22(16-18)32-19-6-2-1-3-7-19/h4-5,8-11,16,19H,1-3,6-7,12-15,17H2,(H,27,31). The zero-order valence-corrected chi connectivity index (χ0v) is 18.1. The van der Waals surface area contributed by atoms with Crippen molar-refractivity contribution in [2.45, 2.75) is 44.8 Å². The molecule has 1 N–H and O–H groups in total. The largest absolute Gasteiger partial charge is 0.474 e. The summed E-state index contributed by atoms with van der Waals surface area (Å²) in [7, 11) is 0. The van der Waals surface area contributed by atoms with E-state index < -0.39 is 5.82 Å². The number of pyridine rings is 1. The van der Waals surface area contributed by atoms with Crippen molar-refractivity contribution < 1.29 is 18.7 Å². The molecule has 2 heterocycles. The fourth-order valence-corrected chi connectivity index (χ4v) is 4.19. The normalized spacial score (nSPS) is 17.2. The molecule has 8 heteroatoms. The van der Waals surface area contributed by atoms with Gasteiger partial charge in [-0.15, -0.1) is 0 Å². The van der Waals surface area contributed by atoms with E-state index in [2.05, 4.69) is 10.3 Å². The summed E-state index contributed by atoms with van der Waals surface area (Å²) in [5, 5.41) is 2.92. The number of ether oxygens (including phenoxy) is 1. The third kappa shape index (κ3) is 5.55. The van der Waals surface area contributed by atoms with E-state index in [0.29, 0.717) is 38.6 Å². The molecule has 2 aliphatic rings. The Morgan fingerprint density at radius 2 is 1.75 bits per heavy atom. The highest BCUT2D eigenvalue weighted by molar-refractivity contribution is 5.94. The van der Waals surface area contributed by atoms with Crippen LogP contribution < -0.4 is 10.1 Å². The van der Waals surface area contributed by atoms with Crippen LogP contribution in [0.4, 0.5) is 9.18 Å². The number of rotatable bonds is 5. The Hall–Kier alpha value is -3.16. The number of amides is 3. The van der Waals surface area contributed by atoms with Crippen molar-refractivity contribution in [3.05, 3.63) is 59.5 Å². The molecule has 2 fully saturated rings. The van der Waals surface area contributed by atoms with E-state index in [1.807, 2.05) is 12.1 Å². The van der Waals surface area contributed by atoms with Gasteiger partial charge in [-0.2, -0.15) is 0 Å². The lowest BCUT2D eigenvalue weighted by molar-refractivity contribution is 0.0660. The van der Waals surface area contributed by atoms with E-state index >= 15 is 0 Å². The van der Waals surface area contributed by atoms with Crippen LogP contribution in [-0.2, 0) is 6.54 Å². The molecule has 0 atom stereocenters. The number of hydrogen-bond acceptors (Lipinski definition) is 4. The van der Waals surface area contributed by atoms with Gasteiger partial charge in [0.05, 0.1) is 5.56 Å². The van der Waals surface area contributed by atoms with Crippen LogP contribution in [0.25, 0.3) is 0 Å². The Labute approximate surface area is 187 Å². The Bertz CT molecular complexity index is 940. The van der Waals surface area contributed by atoms with Crippen molar-refractivity contribution in [3.63, 3.8) is 0 Å². The number of benzene rings is 1. The first kappa shape index (κ1) is 22.0. The van der Waals surface area contributed by atoms with Gasteiger partial charge in [0, 0.05) is 45.0 Å². The quantitative estimate of drug-likeness (QED) is 0.771. The van der Waals surface area contributed by atoms with Gasteiger partial charge in [-0.3, -0.25) is 4.79 Å². The van der Waals surface area contributed by atoms with E-state index in [0.717, 1.165) is 18.4 Å². The minimum absolute atomic E-state index is 0.0642. The molecule has 0 unspecified atom stereocenters. The molecule has 0 spiro atoms. The maximum absolute atomic E-state index is 13.9. The molecule has 1 aliphatic heterocycles. The third-order valence-corrected chi connectivity index (χ3v) is 6.04. The lowest BCUT2D eigenvalue weighted by Crippen LogP contribution is -2.53. The Kier molecular flexibility index (Phi) is 7.19. The maximum atomic E-state index is 13.9. The number of piperazine rings is 1. The number of carbonyl (C=O) groups excluding carboxylic acids is 2. The number of nitrogens with one attached hydrogen (secondary N) is 1. The van der Waals surface area contributed by atoms with E-state index in [-0.39, 0.29) is 23.6 Å². The van der Waals surface area contributed by atoms with Crippen molar-refractivity contribution in [1.82, 2.24) is 20.1 Å². The van der Waals surface area contributed by atoms with Crippen molar-refractivity contribution in [1.29, 1.82) is 0 Å². The summed E-state index contributed by atoms with van der Waals surface area (Å²) in [4.78, 5) is 32.7. The number of carbonyl (C=O) groups is 2. The lowest BCUT2D eigenvalue weighted by atomic mass is 9.98. The van der Waals surface area contributed by atoms with Gasteiger partial charge in [-0.1, -0.05) is 18.6 Å². The fourth-order valence-electron chi connectivity index (χ4n) is 4.19. The van der Waals surface area contributed by atoms with Crippen molar-refractivity contribution >= 4 is 11.9 Å². The summed E-state index contributed by atoms with van der Waals surface area (Å²) in [5.41, 5.74) is 0.988. The van der Waals surface area contributed by atoms with Gasteiger partial charge in [-0.05, 0) is 49.4 Å². The Balaban J connectivity index is 1.24. The van der Waals surface area contributed by atoms with Crippen molar-refractivity contribution in [3.8, 4) is 5.88 Å². The number of aromatic nitrogens is 1. The highest BCUT2D eigenvalue weighted by Crippen LogP contribution is 2.22. The molecule has 3 amide bonds. The number of urea groups is 1. The second-order valence-corrected chi connectivity index (χ2v) is 8.30. The van der Waals surface area contributed by atoms with Crippen molar-refractivity contribution in [2.24, 2.45) is 0 Å². The first-order valence-corrected chi connectivity index (χ1v) is 11.3. The van der Waals surface area contributed by atoms with Gasteiger partial charge in [0.2, 0.25) is 5.88 Å². The van der Waals surface area contributed by atoms with Gasteiger partial charge >= 0.3 is 6.03 Å². The summed E-state index contributed by atoms with van der Waals surface area (Å²) in [5.74, 6) is -0.267. The smallest absolute Gasteiger partial charge is 0.317 e. The predicted molar refractivity (Wildman–Crippen MR) is 118 cm³/mol. The molecule has 0 radical (unpaired) electrons. The minimum atomic E-state index is -0.526. The predicted octanol–water partition coefficient (Wildman–Crippen LogP) is 3.60. The zero-order valence-electron chi connectivity index (χ0n) is 18.1. The Morgan fingerprint density at radius 3 is 2.50 bits per heavy atom. The van der Waals surface area contributed by atoms with E-state index in [1.165, 1.54) is 31.4 Å². The van der Waals surface area contributed by atoms with Crippen LogP contribution in [0.15, 0.2) is 42.6 Å². The summed E-state index contributed by atoms with van der Waals surface area (Å²) in [6, 6.07) is 9.51. The van der Waals surface area contributed by atoms with Gasteiger partial charge in [0.25, 0.3) is 5.91 Å². The monoisotopic (exact) mass is 440 g/mol. The van der Waals surface area contributed by atoms with Crippen LogP contribution in [-0.4, -0.2) is 59.0 Å². The minimum Gasteiger partial charge on any atom is -0.474 e. The van der Waals surface area contributed by atoms with Crippen LogP contribution in [0.1, 0.15) is 48.0 Å². The first-order chi connectivity index (χ1) is 15.6. The number of nitrogens with zero attached hydrogens (tertiary/aromatic N) is 3. The van der Waals surface area contributed by atoms with Gasteiger partial charge in [0.15, 0.2) is 0 Å². The molecule has 170 valence electrons. The van der Waals surface area contributed by atoms with Gasteiger partial charge in [0.1, 0.15) is 11.9 Å². The zero-order chi connectivity index (χ0) is 22.3. The molecule has 4 rings (SSSR count). The van der Waals surface area contributed by atoms with Crippen LogP contribution in [0, 0.1) is 5.82 Å². The second kappa shape index (κ2) is 10.4. The van der Waals surface area contributed by atoms with Crippen LogP contribution >= 0.6 is 0 Å². The van der Waals surface area contributed by atoms with E-state index in [9.17, 15) is 14.0 Å². The molecule has 1 saturated carbocycles. The molecular weight excluding hydrogens is 411 g/mol. The molecule has 2 aromatic rings. The average molecular weight is 441 g/mol. The number of halogens is 1. The third-order valence-electron chi connectivity index (χ3n) is 6.04. The number of hydrogen-bond donors (Lipinski definition) is 1. The van der Waals surface area contributed by atoms with Gasteiger partial charge < -0.3 is 19.9 Å². The second-order valence-electron chi connectivity index (χ2n) is 8.30. The topological polar surface area (TPSA) is 74.8 Å². The van der Waals surface area contributed by atoms with E-state index in [4.69, 9.17) is 4.74 Å². The molecule has 32 heavy (non-hydrogen) atoms. The highest BCUT2D eigenvalue weighted by atomic mass is 19.1.